The van der Waals surface area contributed by atoms with Crippen molar-refractivity contribution >= 4 is 5.57 Å². The molecule has 1 nitrogen and oxygen atoms in total. The summed E-state index contributed by atoms with van der Waals surface area (Å²) in [5.74, 6) is 0.912. The maximum atomic E-state index is 15.5. The number of hydrogen-bond donors (Lipinski definition) is 1. The summed E-state index contributed by atoms with van der Waals surface area (Å²) >= 11 is 0. The van der Waals surface area contributed by atoms with Crippen molar-refractivity contribution in [2.75, 3.05) is 0 Å². The largest absolute Gasteiger partial charge is 0.399 e. The van der Waals surface area contributed by atoms with Gasteiger partial charge in [-0.15, -0.1) is 0 Å². The van der Waals surface area contributed by atoms with Crippen LogP contribution in [0.5, 0.6) is 0 Å². The molecule has 0 aromatic heterocycles. The van der Waals surface area contributed by atoms with Gasteiger partial charge in [0.05, 0.1) is 0 Å². The molecule has 0 bridgehead atoms. The normalized spacial score (nSPS) is 24.1. The maximum Gasteiger partial charge on any atom is 0.127 e. The number of halogens is 1. The van der Waals surface area contributed by atoms with E-state index in [-0.39, 0.29) is 11.7 Å². The van der Waals surface area contributed by atoms with Crippen LogP contribution in [0.15, 0.2) is 84.1 Å². The Morgan fingerprint density at radius 1 is 1.09 bits per heavy atom. The molecule has 2 heteroatoms. The van der Waals surface area contributed by atoms with Crippen molar-refractivity contribution in [1.82, 2.24) is 0 Å². The van der Waals surface area contributed by atoms with Crippen LogP contribution in [0.2, 0.25) is 0 Å². The van der Waals surface area contributed by atoms with E-state index in [0.29, 0.717) is 17.5 Å². The van der Waals surface area contributed by atoms with Crippen LogP contribution in [0, 0.1) is 37.4 Å². The van der Waals surface area contributed by atoms with Gasteiger partial charge in [-0.1, -0.05) is 61.2 Å². The van der Waals surface area contributed by atoms with Gasteiger partial charge in [0.2, 0.25) is 0 Å². The minimum absolute atomic E-state index is 0.110. The molecule has 0 aliphatic heterocycles. The summed E-state index contributed by atoms with van der Waals surface area (Å²) in [6, 6.07) is 10.0. The van der Waals surface area contributed by atoms with Crippen LogP contribution in [-0.2, 0) is 6.42 Å². The first kappa shape index (κ1) is 21.7. The first-order valence-corrected chi connectivity index (χ1v) is 11.8. The fourth-order valence-corrected chi connectivity index (χ4v) is 6.64. The zero-order chi connectivity index (χ0) is 23.6. The summed E-state index contributed by atoms with van der Waals surface area (Å²) in [6.45, 7) is 19.3. The van der Waals surface area contributed by atoms with Crippen LogP contribution in [0.1, 0.15) is 42.0 Å². The third kappa shape index (κ3) is 3.27. The molecule has 2 aromatic rings. The molecule has 2 aromatic carbocycles. The van der Waals surface area contributed by atoms with Crippen molar-refractivity contribution in [3.63, 3.8) is 0 Å². The highest BCUT2D eigenvalue weighted by Crippen LogP contribution is 2.54. The molecule has 3 unspecified atom stereocenters. The van der Waals surface area contributed by atoms with Gasteiger partial charge >= 0.3 is 0 Å². The Balaban J connectivity index is 1.64. The van der Waals surface area contributed by atoms with E-state index >= 15 is 4.39 Å². The zero-order valence-corrected chi connectivity index (χ0v) is 19.9. The molecular formula is C31H32FN. The standard InChI is InChI=1S/C31H32FN/c1-16-7-9-22(10-8-16)26-15-28(32)27-14-24-13-23-11-12-25(21(6)33)17(2)29(23)19(4)30(24)20(5)31(27)18(26)3/h7-10,12,15,23-24,29H,2,5-6,11,13-14,33H2,1,3-4H3. The average Bonchev–Trinajstić information content (AvgIpc) is 2.76. The molecule has 0 radical (unpaired) electrons. The fourth-order valence-electron chi connectivity index (χ4n) is 6.64. The number of nitrogens with two attached hydrogens (primary N) is 1. The van der Waals surface area contributed by atoms with E-state index in [9.17, 15) is 0 Å². The van der Waals surface area contributed by atoms with Gasteiger partial charge in [-0.2, -0.15) is 0 Å². The average molecular weight is 438 g/mol. The number of fused-ring (bicyclic) bond motifs is 3. The highest BCUT2D eigenvalue weighted by molar-refractivity contribution is 5.88. The maximum absolute atomic E-state index is 15.5. The summed E-state index contributed by atoms with van der Waals surface area (Å²) in [5, 5.41) is 0. The Labute approximate surface area is 196 Å². The Morgan fingerprint density at radius 3 is 2.45 bits per heavy atom. The molecule has 0 amide bonds. The Kier molecular flexibility index (Phi) is 5.08. The number of hydrogen-bond acceptors (Lipinski definition) is 1. The summed E-state index contributed by atoms with van der Waals surface area (Å²) in [7, 11) is 0. The van der Waals surface area contributed by atoms with Crippen molar-refractivity contribution in [2.24, 2.45) is 23.5 Å². The summed E-state index contributed by atoms with van der Waals surface area (Å²) in [6.07, 6.45) is 4.91. The van der Waals surface area contributed by atoms with Crippen LogP contribution in [-0.4, -0.2) is 0 Å². The van der Waals surface area contributed by atoms with Gasteiger partial charge in [-0.3, -0.25) is 0 Å². The minimum atomic E-state index is -0.110. The molecule has 3 aliphatic rings. The van der Waals surface area contributed by atoms with E-state index in [1.54, 1.807) is 6.07 Å². The zero-order valence-electron chi connectivity index (χ0n) is 19.9. The van der Waals surface area contributed by atoms with Gasteiger partial charge in [0, 0.05) is 11.6 Å². The molecule has 33 heavy (non-hydrogen) atoms. The van der Waals surface area contributed by atoms with Crippen molar-refractivity contribution in [1.29, 1.82) is 0 Å². The van der Waals surface area contributed by atoms with E-state index in [4.69, 9.17) is 5.73 Å². The molecule has 0 saturated heterocycles. The lowest BCUT2D eigenvalue weighted by molar-refractivity contribution is 0.306. The van der Waals surface area contributed by atoms with Crippen LogP contribution >= 0.6 is 0 Å². The summed E-state index contributed by atoms with van der Waals surface area (Å²) in [4.78, 5) is 0. The third-order valence-corrected chi connectivity index (χ3v) is 8.13. The van der Waals surface area contributed by atoms with Crippen molar-refractivity contribution in [2.45, 2.75) is 40.0 Å². The predicted octanol–water partition coefficient (Wildman–Crippen LogP) is 7.61. The summed E-state index contributed by atoms with van der Waals surface area (Å²) < 4.78 is 15.5. The topological polar surface area (TPSA) is 26.0 Å². The molecule has 0 spiro atoms. The minimum Gasteiger partial charge on any atom is -0.399 e. The summed E-state index contributed by atoms with van der Waals surface area (Å²) in [5.41, 5.74) is 18.5. The van der Waals surface area contributed by atoms with Crippen molar-refractivity contribution in [3.8, 4) is 11.1 Å². The van der Waals surface area contributed by atoms with E-state index < -0.39 is 0 Å². The second kappa shape index (κ2) is 7.73. The lowest BCUT2D eigenvalue weighted by Crippen LogP contribution is -2.34. The molecule has 3 atom stereocenters. The quantitative estimate of drug-likeness (QED) is 0.514. The van der Waals surface area contributed by atoms with Crippen LogP contribution < -0.4 is 5.73 Å². The lowest BCUT2D eigenvalue weighted by atomic mass is 9.59. The molecule has 0 fully saturated rings. The highest BCUT2D eigenvalue weighted by atomic mass is 19.1. The lowest BCUT2D eigenvalue weighted by Gasteiger charge is -2.45. The smallest absolute Gasteiger partial charge is 0.127 e. The van der Waals surface area contributed by atoms with Gasteiger partial charge in [0.15, 0.2) is 0 Å². The Morgan fingerprint density at radius 2 is 1.79 bits per heavy atom. The van der Waals surface area contributed by atoms with Crippen LogP contribution in [0.25, 0.3) is 16.7 Å². The van der Waals surface area contributed by atoms with Gasteiger partial charge in [0.1, 0.15) is 5.82 Å². The van der Waals surface area contributed by atoms with Crippen molar-refractivity contribution in [3.05, 3.63) is 112 Å². The van der Waals surface area contributed by atoms with Crippen molar-refractivity contribution < 1.29 is 4.39 Å². The first-order valence-electron chi connectivity index (χ1n) is 11.8. The van der Waals surface area contributed by atoms with Gasteiger partial charge in [-0.05, 0) is 108 Å². The molecule has 5 rings (SSSR count). The van der Waals surface area contributed by atoms with Gasteiger partial charge < -0.3 is 5.73 Å². The second-order valence-electron chi connectivity index (χ2n) is 10.1. The molecule has 0 saturated carbocycles. The fraction of sp³-hybridized carbons (Fsp3) is 0.290. The van der Waals surface area contributed by atoms with E-state index in [1.807, 2.05) is 0 Å². The number of rotatable bonds is 2. The Hall–Kier alpha value is -3.13. The number of benzene rings is 2. The Bertz CT molecular complexity index is 1290. The highest BCUT2D eigenvalue weighted by Gasteiger charge is 2.42. The molecule has 3 aliphatic carbocycles. The SMILES string of the molecule is C=C(N)C1=CCC2CC3Cc4c(F)cc(-c5ccc(C)cc5)c(C)c4C(=C)C3=C(C)C2C1=C. The van der Waals surface area contributed by atoms with E-state index in [0.717, 1.165) is 63.8 Å². The number of allylic oxidation sites excluding steroid dienone is 5. The van der Waals surface area contributed by atoms with E-state index in [2.05, 4.69) is 70.8 Å². The molecule has 0 heterocycles. The first-order chi connectivity index (χ1) is 15.7. The predicted molar refractivity (Wildman–Crippen MR) is 137 cm³/mol. The van der Waals surface area contributed by atoms with Crippen LogP contribution in [0.3, 0.4) is 0 Å². The van der Waals surface area contributed by atoms with Gasteiger partial charge in [0.25, 0.3) is 0 Å². The number of aryl methyl sites for hydroxylation is 1. The monoisotopic (exact) mass is 437 g/mol. The third-order valence-electron chi connectivity index (χ3n) is 8.13. The molecular weight excluding hydrogens is 405 g/mol. The second-order valence-corrected chi connectivity index (χ2v) is 10.1. The van der Waals surface area contributed by atoms with Gasteiger partial charge in [-0.25, -0.2) is 4.39 Å². The van der Waals surface area contributed by atoms with E-state index in [1.165, 1.54) is 16.7 Å². The van der Waals surface area contributed by atoms with Crippen LogP contribution in [0.4, 0.5) is 4.39 Å². The molecule has 2 N–H and O–H groups in total. The molecule has 168 valence electrons.